The number of hydrogen-bond donors (Lipinski definition) is 0. The monoisotopic (exact) mass is 280 g/mol. The first-order chi connectivity index (χ1) is 9.11. The lowest BCUT2D eigenvalue weighted by molar-refractivity contribution is 0.0671. The number of nitrogens with zero attached hydrogens (tertiary/aromatic N) is 2. The fraction of sp³-hybridized carbons (Fsp3) is 0.429. The standard InChI is InChI=1S/C14H14ClFN2O/c15-11-3-4-13(16)12(8-11)14(19)18-7-1-2-10(9-18)5-6-17/h3-4,8,10H,1-2,5,7,9H2. The summed E-state index contributed by atoms with van der Waals surface area (Å²) in [4.78, 5) is 13.9. The molecule has 0 aliphatic carbocycles. The largest absolute Gasteiger partial charge is 0.338 e. The average molecular weight is 281 g/mol. The predicted octanol–water partition coefficient (Wildman–Crippen LogP) is 3.24. The summed E-state index contributed by atoms with van der Waals surface area (Å²) < 4.78 is 13.7. The molecular weight excluding hydrogens is 267 g/mol. The number of halogens is 2. The molecule has 1 aromatic rings. The number of piperidine rings is 1. The quantitative estimate of drug-likeness (QED) is 0.835. The second kappa shape index (κ2) is 6.03. The Kier molecular flexibility index (Phi) is 4.39. The van der Waals surface area contributed by atoms with E-state index in [4.69, 9.17) is 16.9 Å². The Morgan fingerprint density at radius 1 is 1.58 bits per heavy atom. The molecule has 0 bridgehead atoms. The van der Waals surface area contributed by atoms with Crippen molar-refractivity contribution in [3.63, 3.8) is 0 Å². The zero-order chi connectivity index (χ0) is 13.8. The van der Waals surface area contributed by atoms with E-state index in [1.54, 1.807) is 4.90 Å². The third-order valence-corrected chi connectivity index (χ3v) is 3.58. The topological polar surface area (TPSA) is 44.1 Å². The van der Waals surface area contributed by atoms with Crippen LogP contribution in [0.15, 0.2) is 18.2 Å². The summed E-state index contributed by atoms with van der Waals surface area (Å²) in [5.41, 5.74) is 0.00473. The molecule has 1 unspecified atom stereocenters. The number of benzene rings is 1. The molecule has 100 valence electrons. The maximum atomic E-state index is 13.7. The number of carbonyl (C=O) groups excluding carboxylic acids is 1. The molecule has 1 saturated heterocycles. The van der Waals surface area contributed by atoms with Crippen molar-refractivity contribution in [1.29, 1.82) is 5.26 Å². The van der Waals surface area contributed by atoms with Crippen molar-refractivity contribution in [3.8, 4) is 6.07 Å². The molecule has 1 aliphatic heterocycles. The smallest absolute Gasteiger partial charge is 0.256 e. The molecule has 5 heteroatoms. The van der Waals surface area contributed by atoms with Crippen molar-refractivity contribution in [2.45, 2.75) is 19.3 Å². The van der Waals surface area contributed by atoms with Crippen molar-refractivity contribution in [1.82, 2.24) is 4.90 Å². The third-order valence-electron chi connectivity index (χ3n) is 3.34. The summed E-state index contributed by atoms with van der Waals surface area (Å²) in [6.07, 6.45) is 2.22. The summed E-state index contributed by atoms with van der Waals surface area (Å²) in [5, 5.41) is 9.05. The van der Waals surface area contributed by atoms with Crippen LogP contribution in [0.2, 0.25) is 5.02 Å². The van der Waals surface area contributed by atoms with Crippen LogP contribution in [0.25, 0.3) is 0 Å². The van der Waals surface area contributed by atoms with Gasteiger partial charge < -0.3 is 4.90 Å². The van der Waals surface area contributed by atoms with Crippen molar-refractivity contribution < 1.29 is 9.18 Å². The van der Waals surface area contributed by atoms with Gasteiger partial charge in [0.25, 0.3) is 5.91 Å². The van der Waals surface area contributed by atoms with E-state index in [0.717, 1.165) is 12.8 Å². The van der Waals surface area contributed by atoms with E-state index in [1.807, 2.05) is 0 Å². The number of nitriles is 1. The van der Waals surface area contributed by atoms with Crippen molar-refractivity contribution in [2.24, 2.45) is 5.92 Å². The summed E-state index contributed by atoms with van der Waals surface area (Å²) in [6, 6.07) is 6.10. The molecule has 3 nitrogen and oxygen atoms in total. The Balaban J connectivity index is 2.15. The van der Waals surface area contributed by atoms with Crippen LogP contribution in [0.5, 0.6) is 0 Å². The highest BCUT2D eigenvalue weighted by Gasteiger charge is 2.26. The van der Waals surface area contributed by atoms with Crippen LogP contribution >= 0.6 is 11.6 Å². The molecule has 0 saturated carbocycles. The molecule has 1 aromatic carbocycles. The van der Waals surface area contributed by atoms with Gasteiger partial charge in [-0.25, -0.2) is 4.39 Å². The molecule has 1 aliphatic rings. The van der Waals surface area contributed by atoms with Crippen LogP contribution < -0.4 is 0 Å². The molecule has 0 spiro atoms. The van der Waals surface area contributed by atoms with E-state index in [0.29, 0.717) is 24.5 Å². The van der Waals surface area contributed by atoms with Crippen LogP contribution in [0.4, 0.5) is 4.39 Å². The summed E-state index contributed by atoms with van der Waals surface area (Å²) in [6.45, 7) is 1.12. The Labute approximate surface area is 116 Å². The summed E-state index contributed by atoms with van der Waals surface area (Å²) >= 11 is 5.80. The van der Waals surface area contributed by atoms with Crippen LogP contribution in [0.1, 0.15) is 29.6 Å². The first-order valence-corrected chi connectivity index (χ1v) is 6.61. The highest BCUT2D eigenvalue weighted by molar-refractivity contribution is 6.31. The number of carbonyl (C=O) groups is 1. The van der Waals surface area contributed by atoms with Crippen LogP contribution in [0.3, 0.4) is 0 Å². The molecule has 0 radical (unpaired) electrons. The number of hydrogen-bond acceptors (Lipinski definition) is 2. The maximum absolute atomic E-state index is 13.7. The Bertz CT molecular complexity index is 527. The molecule has 1 heterocycles. The van der Waals surface area contributed by atoms with Crippen LogP contribution in [-0.2, 0) is 0 Å². The number of rotatable bonds is 2. The van der Waals surface area contributed by atoms with Gasteiger partial charge in [0, 0.05) is 24.5 Å². The van der Waals surface area contributed by atoms with Gasteiger partial charge in [-0.3, -0.25) is 4.79 Å². The van der Waals surface area contributed by atoms with Crippen molar-refractivity contribution in [3.05, 3.63) is 34.6 Å². The lowest BCUT2D eigenvalue weighted by Crippen LogP contribution is -2.40. The highest BCUT2D eigenvalue weighted by Crippen LogP contribution is 2.23. The van der Waals surface area contributed by atoms with Gasteiger partial charge in [0.1, 0.15) is 5.82 Å². The second-order valence-electron chi connectivity index (χ2n) is 4.75. The van der Waals surface area contributed by atoms with E-state index >= 15 is 0 Å². The lowest BCUT2D eigenvalue weighted by Gasteiger charge is -2.31. The first kappa shape index (κ1) is 13.8. The average Bonchev–Trinajstić information content (AvgIpc) is 2.41. The van der Waals surface area contributed by atoms with Gasteiger partial charge in [-0.1, -0.05) is 11.6 Å². The van der Waals surface area contributed by atoms with Gasteiger partial charge >= 0.3 is 0 Å². The first-order valence-electron chi connectivity index (χ1n) is 6.23. The molecule has 0 aromatic heterocycles. The van der Waals surface area contributed by atoms with Crippen molar-refractivity contribution >= 4 is 17.5 Å². The van der Waals surface area contributed by atoms with Crippen LogP contribution in [0, 0.1) is 23.1 Å². The second-order valence-corrected chi connectivity index (χ2v) is 5.18. The van der Waals surface area contributed by atoms with Crippen molar-refractivity contribution in [2.75, 3.05) is 13.1 Å². The zero-order valence-electron chi connectivity index (χ0n) is 10.4. The number of amides is 1. The van der Waals surface area contributed by atoms with E-state index in [1.165, 1.54) is 18.2 Å². The minimum absolute atomic E-state index is 0.00473. The van der Waals surface area contributed by atoms with Crippen LogP contribution in [-0.4, -0.2) is 23.9 Å². The molecular formula is C14H14ClFN2O. The zero-order valence-corrected chi connectivity index (χ0v) is 11.2. The van der Waals surface area contributed by atoms with E-state index in [9.17, 15) is 9.18 Å². The third kappa shape index (κ3) is 3.24. The Morgan fingerprint density at radius 3 is 3.11 bits per heavy atom. The molecule has 19 heavy (non-hydrogen) atoms. The highest BCUT2D eigenvalue weighted by atomic mass is 35.5. The molecule has 1 amide bonds. The fourth-order valence-electron chi connectivity index (χ4n) is 2.38. The van der Waals surface area contributed by atoms with E-state index in [-0.39, 0.29) is 17.4 Å². The summed E-state index contributed by atoms with van der Waals surface area (Å²) in [7, 11) is 0. The Hall–Kier alpha value is -1.60. The van der Waals surface area contributed by atoms with Gasteiger partial charge in [0.15, 0.2) is 0 Å². The number of likely N-dealkylation sites (tertiary alicyclic amines) is 1. The minimum atomic E-state index is -0.559. The SMILES string of the molecule is N#CCC1CCCN(C(=O)c2cc(Cl)ccc2F)C1. The molecule has 1 fully saturated rings. The molecule has 2 rings (SSSR count). The lowest BCUT2D eigenvalue weighted by atomic mass is 9.95. The fourth-order valence-corrected chi connectivity index (χ4v) is 2.55. The maximum Gasteiger partial charge on any atom is 0.256 e. The van der Waals surface area contributed by atoms with Gasteiger partial charge in [-0.05, 0) is 37.0 Å². The van der Waals surface area contributed by atoms with Gasteiger partial charge in [-0.15, -0.1) is 0 Å². The van der Waals surface area contributed by atoms with Gasteiger partial charge in [0.05, 0.1) is 11.6 Å². The molecule has 0 N–H and O–H groups in total. The molecule has 1 atom stereocenters. The van der Waals surface area contributed by atoms with Gasteiger partial charge in [-0.2, -0.15) is 5.26 Å². The Morgan fingerprint density at radius 2 is 2.37 bits per heavy atom. The normalized spacial score (nSPS) is 19.0. The minimum Gasteiger partial charge on any atom is -0.338 e. The van der Waals surface area contributed by atoms with E-state index in [2.05, 4.69) is 6.07 Å². The van der Waals surface area contributed by atoms with Gasteiger partial charge in [0.2, 0.25) is 0 Å². The predicted molar refractivity (Wildman–Crippen MR) is 70.3 cm³/mol. The summed E-state index contributed by atoms with van der Waals surface area (Å²) in [5.74, 6) is -0.718. The van der Waals surface area contributed by atoms with E-state index < -0.39 is 5.82 Å².